The summed E-state index contributed by atoms with van der Waals surface area (Å²) in [6.07, 6.45) is 2.02. The lowest BCUT2D eigenvalue weighted by Crippen LogP contribution is -2.61. The molecule has 1 aliphatic heterocycles. The third-order valence-corrected chi connectivity index (χ3v) is 5.68. The Kier molecular flexibility index (Phi) is 10.5. The first-order valence-electron chi connectivity index (χ1n) is 10.8. The number of aliphatic hydroxyl groups is 2. The predicted octanol–water partition coefficient (Wildman–Crippen LogP) is 1.45. The number of nitrogens with two attached hydrogens (primary N) is 1. The average Bonchev–Trinajstić information content (AvgIpc) is 2.71. The number of esters is 1. The van der Waals surface area contributed by atoms with Gasteiger partial charge in [-0.15, -0.1) is 0 Å². The van der Waals surface area contributed by atoms with E-state index in [2.05, 4.69) is 16.3 Å². The molecule has 32 heavy (non-hydrogen) atoms. The Morgan fingerprint density at radius 1 is 1.12 bits per heavy atom. The van der Waals surface area contributed by atoms with E-state index >= 15 is 0 Å². The molecule has 4 atom stereocenters. The molecule has 0 aromatic heterocycles. The predicted molar refractivity (Wildman–Crippen MR) is 114 cm³/mol. The molecular weight excluding hydrogens is 442 g/mol. The van der Waals surface area contributed by atoms with Crippen molar-refractivity contribution in [3.63, 3.8) is 0 Å². The Hall–Kier alpha value is -1.60. The van der Waals surface area contributed by atoms with Crippen LogP contribution in [0.3, 0.4) is 0 Å². The Balaban J connectivity index is 1.70. The summed E-state index contributed by atoms with van der Waals surface area (Å²) in [5.41, 5.74) is 6.84. The highest BCUT2D eigenvalue weighted by Gasteiger charge is 2.48. The maximum atomic E-state index is 12.2. The van der Waals surface area contributed by atoms with Gasteiger partial charge in [0.2, 0.25) is 5.91 Å². The number of aryl methyl sites for hydroxylation is 1. The van der Waals surface area contributed by atoms with Crippen LogP contribution in [0.1, 0.15) is 56.9 Å². The number of carbonyl (C=O) groups excluding carboxylic acids is 1. The van der Waals surface area contributed by atoms with E-state index in [0.717, 1.165) is 38.5 Å². The number of rotatable bonds is 13. The largest absolute Gasteiger partial charge is 0.459 e. The lowest BCUT2D eigenvalue weighted by Gasteiger charge is -2.41. The van der Waals surface area contributed by atoms with Crippen LogP contribution in [0, 0.1) is 0 Å². The molecule has 0 aliphatic carbocycles. The Labute approximate surface area is 188 Å². The summed E-state index contributed by atoms with van der Waals surface area (Å²) in [5.74, 6) is -2.88. The lowest BCUT2D eigenvalue weighted by atomic mass is 9.99. The maximum Gasteiger partial charge on any atom is 0.397 e. The summed E-state index contributed by atoms with van der Waals surface area (Å²) in [7, 11) is -4.93. The third kappa shape index (κ3) is 9.90. The zero-order chi connectivity index (χ0) is 23.6. The zero-order valence-electron chi connectivity index (χ0n) is 18.0. The quantitative estimate of drug-likeness (QED) is 0.142. The van der Waals surface area contributed by atoms with E-state index in [0.29, 0.717) is 6.42 Å². The first-order valence-corrected chi connectivity index (χ1v) is 12.2. The molecule has 1 aromatic carbocycles. The van der Waals surface area contributed by atoms with Gasteiger partial charge in [-0.1, -0.05) is 56.0 Å². The van der Waals surface area contributed by atoms with Crippen molar-refractivity contribution in [3.05, 3.63) is 35.9 Å². The lowest BCUT2D eigenvalue weighted by molar-refractivity contribution is -0.300. The molecule has 0 bridgehead atoms. The van der Waals surface area contributed by atoms with Gasteiger partial charge in [0.05, 0.1) is 13.0 Å². The van der Waals surface area contributed by atoms with Gasteiger partial charge in [-0.25, -0.2) is 4.18 Å². The van der Waals surface area contributed by atoms with E-state index in [4.69, 9.17) is 19.8 Å². The van der Waals surface area contributed by atoms with E-state index in [1.807, 2.05) is 18.2 Å². The van der Waals surface area contributed by atoms with E-state index in [1.165, 1.54) is 5.56 Å². The molecule has 11 heteroatoms. The summed E-state index contributed by atoms with van der Waals surface area (Å²) in [6, 6.07) is 10.3. The number of ether oxygens (including phenoxy) is 2. The Morgan fingerprint density at radius 2 is 1.75 bits per heavy atom. The minimum Gasteiger partial charge on any atom is -0.459 e. The van der Waals surface area contributed by atoms with Crippen molar-refractivity contribution < 1.29 is 41.6 Å². The number of aliphatic hydroxyl groups excluding tert-OH is 1. The second kappa shape index (κ2) is 12.6. The molecule has 0 spiro atoms. The zero-order valence-corrected chi connectivity index (χ0v) is 18.8. The van der Waals surface area contributed by atoms with E-state index < -0.39 is 53.6 Å². The van der Waals surface area contributed by atoms with Gasteiger partial charge in [0.25, 0.3) is 0 Å². The number of hydrogen-bond donors (Lipinski definition) is 4. The minimum absolute atomic E-state index is 0.0900. The smallest absolute Gasteiger partial charge is 0.397 e. The minimum atomic E-state index is -4.93. The van der Waals surface area contributed by atoms with Crippen LogP contribution in [0.15, 0.2) is 30.3 Å². The summed E-state index contributed by atoms with van der Waals surface area (Å²) < 4.78 is 45.9. The molecule has 0 saturated carbocycles. The van der Waals surface area contributed by atoms with Gasteiger partial charge >= 0.3 is 16.4 Å². The molecule has 2 rings (SSSR count). The van der Waals surface area contributed by atoms with Crippen LogP contribution in [0.2, 0.25) is 0 Å². The molecule has 1 aliphatic rings. The fourth-order valence-corrected chi connectivity index (χ4v) is 4.24. The van der Waals surface area contributed by atoms with Crippen molar-refractivity contribution in [2.75, 3.05) is 6.61 Å². The number of unbranched alkanes of at least 4 members (excludes halogenated alkanes) is 5. The highest BCUT2D eigenvalue weighted by atomic mass is 32.3. The van der Waals surface area contributed by atoms with Crippen LogP contribution in [0.4, 0.5) is 0 Å². The Morgan fingerprint density at radius 3 is 2.38 bits per heavy atom. The number of carbonyl (C=O) groups is 1. The van der Waals surface area contributed by atoms with E-state index in [9.17, 15) is 23.4 Å². The first kappa shape index (κ1) is 26.7. The molecule has 10 nitrogen and oxygen atoms in total. The van der Waals surface area contributed by atoms with Gasteiger partial charge < -0.3 is 19.7 Å². The summed E-state index contributed by atoms with van der Waals surface area (Å²) >= 11 is 0. The van der Waals surface area contributed by atoms with Crippen LogP contribution in [-0.2, 0) is 35.3 Å². The van der Waals surface area contributed by atoms with Gasteiger partial charge in [-0.05, 0) is 24.8 Å². The molecular formula is C21H33NO9S. The molecule has 1 heterocycles. The van der Waals surface area contributed by atoms with Gasteiger partial charge in [-0.2, -0.15) is 8.42 Å². The second-order valence-electron chi connectivity index (χ2n) is 8.01. The van der Waals surface area contributed by atoms with Crippen molar-refractivity contribution in [2.45, 2.75) is 82.0 Å². The monoisotopic (exact) mass is 475 g/mol. The number of hydrogen-bond acceptors (Lipinski definition) is 9. The third-order valence-electron chi connectivity index (χ3n) is 5.22. The van der Waals surface area contributed by atoms with Crippen LogP contribution in [-0.4, -0.2) is 60.0 Å². The molecule has 1 aromatic rings. The van der Waals surface area contributed by atoms with E-state index in [-0.39, 0.29) is 6.42 Å². The van der Waals surface area contributed by atoms with Gasteiger partial charge in [-0.3, -0.25) is 15.1 Å². The topological polar surface area (TPSA) is 166 Å². The fraction of sp³-hybridized carbons (Fsp3) is 0.667. The van der Waals surface area contributed by atoms with Crippen LogP contribution < -0.4 is 5.73 Å². The van der Waals surface area contributed by atoms with Crippen molar-refractivity contribution >= 4 is 16.4 Å². The number of benzene rings is 1. The van der Waals surface area contributed by atoms with E-state index in [1.54, 1.807) is 0 Å². The summed E-state index contributed by atoms with van der Waals surface area (Å²) in [6.45, 7) is -0.780. The molecule has 1 fully saturated rings. The molecule has 182 valence electrons. The first-order chi connectivity index (χ1) is 15.1. The Bertz CT molecular complexity index is 801. The van der Waals surface area contributed by atoms with Gasteiger partial charge in [0.15, 0.2) is 0 Å². The van der Waals surface area contributed by atoms with Gasteiger partial charge in [0, 0.05) is 6.42 Å². The highest BCUT2D eigenvalue weighted by molar-refractivity contribution is 7.80. The summed E-state index contributed by atoms with van der Waals surface area (Å²) in [4.78, 5) is 12.2. The van der Waals surface area contributed by atoms with Crippen molar-refractivity contribution in [1.29, 1.82) is 0 Å². The molecule has 5 N–H and O–H groups in total. The fourth-order valence-electron chi connectivity index (χ4n) is 3.71. The van der Waals surface area contributed by atoms with Crippen LogP contribution >= 0.6 is 0 Å². The maximum absolute atomic E-state index is 12.2. The van der Waals surface area contributed by atoms with Gasteiger partial charge in [0.1, 0.15) is 18.3 Å². The highest BCUT2D eigenvalue weighted by Crippen LogP contribution is 2.29. The molecule has 1 saturated heterocycles. The van der Waals surface area contributed by atoms with Crippen molar-refractivity contribution in [3.8, 4) is 0 Å². The van der Waals surface area contributed by atoms with Crippen LogP contribution in [0.5, 0.6) is 0 Å². The SMILES string of the molecule is NC1(O)C[C@@H](OC(=O)CCCCCCCCc2ccccc2)[C@H](OS(=O)(=O)O)[C@@H](CO)O1. The molecule has 1 unspecified atom stereocenters. The average molecular weight is 476 g/mol. The normalized spacial score (nSPS) is 26.1. The molecule has 0 radical (unpaired) electrons. The van der Waals surface area contributed by atoms with Crippen molar-refractivity contribution in [1.82, 2.24) is 0 Å². The molecule has 0 amide bonds. The summed E-state index contributed by atoms with van der Waals surface area (Å²) in [5, 5.41) is 19.3. The second-order valence-corrected chi connectivity index (χ2v) is 9.06. The van der Waals surface area contributed by atoms with Crippen LogP contribution in [0.25, 0.3) is 0 Å². The standard InChI is InChI=1S/C21H33NO9S/c22-21(25)14-17(20(18(15-23)30-21)31-32(26,27)28)29-19(24)13-9-4-2-1-3-6-10-16-11-7-5-8-12-16/h5,7-8,11-12,17-18,20,23,25H,1-4,6,9-10,13-15,22H2,(H,26,27,28)/t17-,18-,20+,21?/m1/s1. The van der Waals surface area contributed by atoms with Crippen molar-refractivity contribution in [2.24, 2.45) is 5.73 Å².